The van der Waals surface area contributed by atoms with Gasteiger partial charge in [0.05, 0.1) is 0 Å². The molecule has 5 nitrogen and oxygen atoms in total. The summed E-state index contributed by atoms with van der Waals surface area (Å²) in [5.74, 6) is 0.311. The molecule has 2 rings (SSSR count). The van der Waals surface area contributed by atoms with Crippen LogP contribution in [0.15, 0.2) is 5.16 Å². The summed E-state index contributed by atoms with van der Waals surface area (Å²) in [5.41, 5.74) is 5.44. The molecular formula is C11H22N4O. The molecule has 0 aromatic carbocycles. The lowest BCUT2D eigenvalue weighted by Crippen LogP contribution is -2.45. The molecule has 2 fully saturated rings. The van der Waals surface area contributed by atoms with Crippen LogP contribution in [0.1, 0.15) is 32.1 Å². The number of rotatable bonds is 4. The van der Waals surface area contributed by atoms with Crippen molar-refractivity contribution in [1.29, 1.82) is 0 Å². The van der Waals surface area contributed by atoms with Gasteiger partial charge in [-0.15, -0.1) is 0 Å². The number of nitrogens with two attached hydrogens (primary N) is 1. The SMILES string of the molecule is NC(CCNC1CCN2CCCCC12)=NO. The summed E-state index contributed by atoms with van der Waals surface area (Å²) < 4.78 is 0. The molecule has 0 aromatic heterocycles. The van der Waals surface area contributed by atoms with Gasteiger partial charge in [0.25, 0.3) is 0 Å². The van der Waals surface area contributed by atoms with Gasteiger partial charge in [0.1, 0.15) is 5.84 Å². The quantitative estimate of drug-likeness (QED) is 0.280. The lowest BCUT2D eigenvalue weighted by Gasteiger charge is -2.32. The van der Waals surface area contributed by atoms with E-state index in [1.54, 1.807) is 0 Å². The fraction of sp³-hybridized carbons (Fsp3) is 0.909. The van der Waals surface area contributed by atoms with Crippen LogP contribution in [0.5, 0.6) is 0 Å². The summed E-state index contributed by atoms with van der Waals surface area (Å²) in [5, 5.41) is 15.0. The Balaban J connectivity index is 1.73. The minimum Gasteiger partial charge on any atom is -0.409 e. The number of oxime groups is 1. The lowest BCUT2D eigenvalue weighted by atomic mass is 9.99. The van der Waals surface area contributed by atoms with Crippen molar-refractivity contribution in [3.8, 4) is 0 Å². The smallest absolute Gasteiger partial charge is 0.140 e. The fourth-order valence-corrected chi connectivity index (χ4v) is 2.92. The lowest BCUT2D eigenvalue weighted by molar-refractivity contribution is 0.181. The van der Waals surface area contributed by atoms with E-state index in [0.29, 0.717) is 18.3 Å². The molecule has 4 N–H and O–H groups in total. The zero-order valence-corrected chi connectivity index (χ0v) is 9.73. The Morgan fingerprint density at radius 2 is 2.25 bits per heavy atom. The van der Waals surface area contributed by atoms with Crippen molar-refractivity contribution in [3.63, 3.8) is 0 Å². The molecule has 0 radical (unpaired) electrons. The Hall–Kier alpha value is -0.810. The van der Waals surface area contributed by atoms with E-state index in [9.17, 15) is 0 Å². The van der Waals surface area contributed by atoms with Gasteiger partial charge >= 0.3 is 0 Å². The predicted molar refractivity (Wildman–Crippen MR) is 63.6 cm³/mol. The second-order valence-corrected chi connectivity index (χ2v) is 4.79. The van der Waals surface area contributed by atoms with Gasteiger partial charge in [-0.25, -0.2) is 0 Å². The number of amidine groups is 1. The fourth-order valence-electron chi connectivity index (χ4n) is 2.92. The van der Waals surface area contributed by atoms with Crippen LogP contribution in [0.2, 0.25) is 0 Å². The highest BCUT2D eigenvalue weighted by atomic mass is 16.4. The molecule has 92 valence electrons. The Labute approximate surface area is 96.7 Å². The third kappa shape index (κ3) is 2.65. The van der Waals surface area contributed by atoms with E-state index in [1.165, 1.54) is 38.8 Å². The van der Waals surface area contributed by atoms with Gasteiger partial charge < -0.3 is 16.3 Å². The van der Waals surface area contributed by atoms with Crippen molar-refractivity contribution < 1.29 is 5.21 Å². The predicted octanol–water partition coefficient (Wildman–Crippen LogP) is 0.339. The van der Waals surface area contributed by atoms with Gasteiger partial charge in [-0.05, 0) is 25.8 Å². The zero-order chi connectivity index (χ0) is 11.4. The van der Waals surface area contributed by atoms with Crippen molar-refractivity contribution in [2.24, 2.45) is 10.9 Å². The number of piperidine rings is 1. The molecule has 2 unspecified atom stereocenters. The highest BCUT2D eigenvalue weighted by molar-refractivity contribution is 5.79. The molecule has 2 aliphatic heterocycles. The Kier molecular flexibility index (Phi) is 4.01. The summed E-state index contributed by atoms with van der Waals surface area (Å²) >= 11 is 0. The first-order valence-corrected chi connectivity index (χ1v) is 6.25. The van der Waals surface area contributed by atoms with E-state index < -0.39 is 0 Å². The number of nitrogens with one attached hydrogen (secondary N) is 1. The van der Waals surface area contributed by atoms with Crippen LogP contribution in [0.3, 0.4) is 0 Å². The van der Waals surface area contributed by atoms with Crippen molar-refractivity contribution in [1.82, 2.24) is 10.2 Å². The average molecular weight is 226 g/mol. The minimum atomic E-state index is 0.311. The Morgan fingerprint density at radius 1 is 1.38 bits per heavy atom. The summed E-state index contributed by atoms with van der Waals surface area (Å²) in [6.45, 7) is 3.31. The summed E-state index contributed by atoms with van der Waals surface area (Å²) in [7, 11) is 0. The highest BCUT2D eigenvalue weighted by Gasteiger charge is 2.34. The molecule has 2 heterocycles. The van der Waals surface area contributed by atoms with Crippen molar-refractivity contribution in [2.75, 3.05) is 19.6 Å². The number of hydrogen-bond donors (Lipinski definition) is 3. The molecule has 5 heteroatoms. The topological polar surface area (TPSA) is 73.9 Å². The number of nitrogens with zero attached hydrogens (tertiary/aromatic N) is 2. The van der Waals surface area contributed by atoms with E-state index in [2.05, 4.69) is 15.4 Å². The number of hydrogen-bond acceptors (Lipinski definition) is 4. The van der Waals surface area contributed by atoms with Gasteiger partial charge in [0, 0.05) is 31.6 Å². The molecule has 0 aromatic rings. The molecule has 0 bridgehead atoms. The van der Waals surface area contributed by atoms with Gasteiger partial charge in [-0.2, -0.15) is 0 Å². The van der Waals surface area contributed by atoms with Crippen LogP contribution in [0.25, 0.3) is 0 Å². The monoisotopic (exact) mass is 226 g/mol. The summed E-state index contributed by atoms with van der Waals surface area (Å²) in [6.07, 6.45) is 5.90. The summed E-state index contributed by atoms with van der Waals surface area (Å²) in [4.78, 5) is 2.60. The molecule has 2 atom stereocenters. The first-order valence-electron chi connectivity index (χ1n) is 6.25. The van der Waals surface area contributed by atoms with E-state index >= 15 is 0 Å². The molecule has 0 saturated carbocycles. The van der Waals surface area contributed by atoms with E-state index in [-0.39, 0.29) is 0 Å². The first kappa shape index (κ1) is 11.7. The van der Waals surface area contributed by atoms with Crippen LogP contribution in [-0.2, 0) is 0 Å². The van der Waals surface area contributed by atoms with Crippen molar-refractivity contribution >= 4 is 5.84 Å². The van der Waals surface area contributed by atoms with Gasteiger partial charge in [0.2, 0.25) is 0 Å². The minimum absolute atomic E-state index is 0.311. The van der Waals surface area contributed by atoms with Gasteiger partial charge in [-0.1, -0.05) is 11.6 Å². The molecule has 0 aliphatic carbocycles. The molecule has 0 amide bonds. The average Bonchev–Trinajstić information content (AvgIpc) is 2.73. The third-order valence-corrected chi connectivity index (χ3v) is 3.77. The second kappa shape index (κ2) is 5.50. The van der Waals surface area contributed by atoms with Gasteiger partial charge in [-0.3, -0.25) is 4.90 Å². The maximum Gasteiger partial charge on any atom is 0.140 e. The third-order valence-electron chi connectivity index (χ3n) is 3.77. The molecule has 0 spiro atoms. The normalized spacial score (nSPS) is 31.6. The first-order chi connectivity index (χ1) is 7.81. The van der Waals surface area contributed by atoms with Crippen LogP contribution in [-0.4, -0.2) is 47.7 Å². The van der Waals surface area contributed by atoms with Crippen LogP contribution in [0.4, 0.5) is 0 Å². The largest absolute Gasteiger partial charge is 0.409 e. The highest BCUT2D eigenvalue weighted by Crippen LogP contribution is 2.26. The van der Waals surface area contributed by atoms with E-state index in [0.717, 1.165) is 12.6 Å². The molecule has 2 saturated heterocycles. The standard InChI is InChI=1S/C11H22N4O/c12-11(14-16)4-6-13-9-5-8-15-7-2-1-3-10(9)15/h9-10,13,16H,1-8H2,(H2,12,14). The molecule has 16 heavy (non-hydrogen) atoms. The van der Waals surface area contributed by atoms with E-state index in [1.807, 2.05) is 0 Å². The summed E-state index contributed by atoms with van der Waals surface area (Å²) in [6, 6.07) is 1.33. The number of fused-ring (bicyclic) bond motifs is 1. The molecular weight excluding hydrogens is 204 g/mol. The van der Waals surface area contributed by atoms with Crippen LogP contribution in [0, 0.1) is 0 Å². The second-order valence-electron chi connectivity index (χ2n) is 4.79. The van der Waals surface area contributed by atoms with Crippen LogP contribution < -0.4 is 11.1 Å². The zero-order valence-electron chi connectivity index (χ0n) is 9.73. The maximum atomic E-state index is 8.44. The van der Waals surface area contributed by atoms with Crippen molar-refractivity contribution in [2.45, 2.75) is 44.2 Å². The van der Waals surface area contributed by atoms with E-state index in [4.69, 9.17) is 10.9 Å². The maximum absolute atomic E-state index is 8.44. The Bertz CT molecular complexity index is 256. The van der Waals surface area contributed by atoms with Gasteiger partial charge in [0.15, 0.2) is 0 Å². The molecule has 2 aliphatic rings. The Morgan fingerprint density at radius 3 is 3.06 bits per heavy atom. The van der Waals surface area contributed by atoms with Crippen molar-refractivity contribution in [3.05, 3.63) is 0 Å². The van der Waals surface area contributed by atoms with Crippen LogP contribution >= 0.6 is 0 Å².